The Hall–Kier alpha value is -3.12. The van der Waals surface area contributed by atoms with Crippen LogP contribution in [-0.4, -0.2) is 54.6 Å². The van der Waals surface area contributed by atoms with Crippen LogP contribution in [-0.2, 0) is 16.1 Å². The van der Waals surface area contributed by atoms with Gasteiger partial charge in [-0.05, 0) is 55.2 Å². The Morgan fingerprint density at radius 3 is 2.55 bits per heavy atom. The summed E-state index contributed by atoms with van der Waals surface area (Å²) in [5, 5.41) is 2.98. The minimum Gasteiger partial charge on any atom is -0.463 e. The summed E-state index contributed by atoms with van der Waals surface area (Å²) in [6.45, 7) is 8.49. The van der Waals surface area contributed by atoms with Gasteiger partial charge in [-0.2, -0.15) is 0 Å². The van der Waals surface area contributed by atoms with Crippen LogP contribution < -0.4 is 5.32 Å². The summed E-state index contributed by atoms with van der Waals surface area (Å²) in [5.74, 6) is -0.363. The van der Waals surface area contributed by atoms with E-state index in [9.17, 15) is 9.59 Å². The van der Waals surface area contributed by atoms with Gasteiger partial charge < -0.3 is 15.0 Å². The van der Waals surface area contributed by atoms with Gasteiger partial charge in [-0.25, -0.2) is 9.59 Å². The Morgan fingerprint density at radius 2 is 1.81 bits per heavy atom. The lowest BCUT2D eigenvalue weighted by Gasteiger charge is -2.23. The number of anilines is 1. The molecule has 3 rings (SSSR count). The minimum absolute atomic E-state index is 0.0763. The van der Waals surface area contributed by atoms with Crippen LogP contribution in [0.15, 0.2) is 54.6 Å². The molecular weight excluding hydrogens is 390 g/mol. The largest absolute Gasteiger partial charge is 0.463 e. The lowest BCUT2D eigenvalue weighted by Crippen LogP contribution is -2.38. The molecule has 0 aliphatic carbocycles. The molecule has 0 saturated carbocycles. The van der Waals surface area contributed by atoms with E-state index < -0.39 is 0 Å². The molecule has 1 heterocycles. The first-order valence-electron chi connectivity index (χ1n) is 10.8. The van der Waals surface area contributed by atoms with Gasteiger partial charge in [0.05, 0.1) is 6.61 Å². The fourth-order valence-electron chi connectivity index (χ4n) is 3.60. The fraction of sp³-hybridized carbons (Fsp3) is 0.360. The molecule has 1 saturated heterocycles. The van der Waals surface area contributed by atoms with E-state index in [0.29, 0.717) is 13.2 Å². The quantitative estimate of drug-likeness (QED) is 0.558. The van der Waals surface area contributed by atoms with Crippen LogP contribution in [0.3, 0.4) is 0 Å². The average molecular weight is 422 g/mol. The van der Waals surface area contributed by atoms with Crippen LogP contribution in [0.2, 0.25) is 0 Å². The van der Waals surface area contributed by atoms with Crippen molar-refractivity contribution >= 4 is 23.8 Å². The molecule has 2 amide bonds. The Morgan fingerprint density at radius 1 is 1.03 bits per heavy atom. The van der Waals surface area contributed by atoms with Crippen molar-refractivity contribution in [3.8, 4) is 0 Å². The van der Waals surface area contributed by atoms with Crippen LogP contribution in [0.25, 0.3) is 6.08 Å². The predicted octanol–water partition coefficient (Wildman–Crippen LogP) is 4.31. The zero-order valence-corrected chi connectivity index (χ0v) is 18.3. The number of rotatable bonds is 6. The van der Waals surface area contributed by atoms with E-state index in [1.807, 2.05) is 29.2 Å². The Balaban J connectivity index is 1.50. The molecule has 6 nitrogen and oxygen atoms in total. The number of esters is 1. The Kier molecular flexibility index (Phi) is 8.24. The molecule has 0 aromatic heterocycles. The van der Waals surface area contributed by atoms with Crippen LogP contribution in [0.5, 0.6) is 0 Å². The minimum atomic E-state index is -0.363. The molecule has 1 fully saturated rings. The van der Waals surface area contributed by atoms with Crippen LogP contribution >= 0.6 is 0 Å². The summed E-state index contributed by atoms with van der Waals surface area (Å²) >= 11 is 0. The van der Waals surface area contributed by atoms with E-state index in [2.05, 4.69) is 41.4 Å². The fourth-order valence-corrected chi connectivity index (χ4v) is 3.60. The van der Waals surface area contributed by atoms with Gasteiger partial charge in [0.15, 0.2) is 0 Å². The molecule has 2 aromatic carbocycles. The molecule has 0 spiro atoms. The number of hydrogen-bond acceptors (Lipinski definition) is 4. The highest BCUT2D eigenvalue weighted by Gasteiger charge is 2.19. The summed E-state index contributed by atoms with van der Waals surface area (Å²) in [7, 11) is 0. The monoisotopic (exact) mass is 421 g/mol. The predicted molar refractivity (Wildman–Crippen MR) is 124 cm³/mol. The SMILES string of the molecule is CCOC(=O)/C=C/c1ccc(NC(=O)N2CCCN(Cc3ccccc3C)CC2)cc1. The summed E-state index contributed by atoms with van der Waals surface area (Å²) in [6, 6.07) is 15.8. The van der Waals surface area contributed by atoms with Gasteiger partial charge in [-0.3, -0.25) is 4.90 Å². The van der Waals surface area contributed by atoms with E-state index in [1.165, 1.54) is 17.2 Å². The van der Waals surface area contributed by atoms with Crippen molar-refractivity contribution in [3.05, 3.63) is 71.3 Å². The second-order valence-electron chi connectivity index (χ2n) is 7.68. The summed E-state index contributed by atoms with van der Waals surface area (Å²) in [6.07, 6.45) is 4.05. The molecule has 0 atom stereocenters. The highest BCUT2D eigenvalue weighted by molar-refractivity contribution is 5.90. The maximum atomic E-state index is 12.7. The van der Waals surface area contributed by atoms with Gasteiger partial charge in [0.25, 0.3) is 0 Å². The van der Waals surface area contributed by atoms with Crippen molar-refractivity contribution in [3.63, 3.8) is 0 Å². The van der Waals surface area contributed by atoms with E-state index in [4.69, 9.17) is 4.74 Å². The van der Waals surface area contributed by atoms with Gasteiger partial charge in [-0.1, -0.05) is 36.4 Å². The maximum Gasteiger partial charge on any atom is 0.330 e. The summed E-state index contributed by atoms with van der Waals surface area (Å²) < 4.78 is 4.87. The second kappa shape index (κ2) is 11.3. The number of urea groups is 1. The normalized spacial score (nSPS) is 15.0. The topological polar surface area (TPSA) is 61.9 Å². The van der Waals surface area contributed by atoms with Gasteiger partial charge in [0.1, 0.15) is 0 Å². The number of carbonyl (C=O) groups excluding carboxylic acids is 2. The average Bonchev–Trinajstić information content (AvgIpc) is 3.01. The summed E-state index contributed by atoms with van der Waals surface area (Å²) in [5.41, 5.74) is 4.26. The molecule has 0 radical (unpaired) electrons. The molecule has 1 aliphatic rings. The number of carbonyl (C=O) groups is 2. The third kappa shape index (κ3) is 6.96. The van der Waals surface area contributed by atoms with Crippen molar-refractivity contribution in [2.75, 3.05) is 38.1 Å². The first kappa shape index (κ1) is 22.6. The lowest BCUT2D eigenvalue weighted by atomic mass is 10.1. The molecular formula is C25H31N3O3. The van der Waals surface area contributed by atoms with Crippen molar-refractivity contribution < 1.29 is 14.3 Å². The highest BCUT2D eigenvalue weighted by atomic mass is 16.5. The maximum absolute atomic E-state index is 12.7. The molecule has 1 N–H and O–H groups in total. The van der Waals surface area contributed by atoms with Crippen molar-refractivity contribution in [1.82, 2.24) is 9.80 Å². The van der Waals surface area contributed by atoms with Gasteiger partial charge in [0, 0.05) is 44.5 Å². The van der Waals surface area contributed by atoms with Crippen LogP contribution in [0.1, 0.15) is 30.0 Å². The van der Waals surface area contributed by atoms with E-state index in [-0.39, 0.29) is 12.0 Å². The Bertz CT molecular complexity index is 908. The zero-order chi connectivity index (χ0) is 22.1. The molecule has 0 unspecified atom stereocenters. The standard InChI is InChI=1S/C25H31N3O3/c1-3-31-24(29)14-11-21-9-12-23(13-10-21)26-25(30)28-16-6-15-27(17-18-28)19-22-8-5-4-7-20(22)2/h4-5,7-14H,3,6,15-19H2,1-2H3,(H,26,30)/b14-11+. The van der Waals surface area contributed by atoms with E-state index >= 15 is 0 Å². The number of nitrogens with one attached hydrogen (secondary N) is 1. The van der Waals surface area contributed by atoms with Crippen molar-refractivity contribution in [2.45, 2.75) is 26.8 Å². The molecule has 2 aromatic rings. The summed E-state index contributed by atoms with van der Waals surface area (Å²) in [4.78, 5) is 28.4. The number of aryl methyl sites for hydroxylation is 1. The molecule has 1 aliphatic heterocycles. The van der Waals surface area contributed by atoms with E-state index in [0.717, 1.165) is 43.9 Å². The third-order valence-corrected chi connectivity index (χ3v) is 5.39. The van der Waals surface area contributed by atoms with Gasteiger partial charge in [-0.15, -0.1) is 0 Å². The van der Waals surface area contributed by atoms with Gasteiger partial charge in [0.2, 0.25) is 0 Å². The van der Waals surface area contributed by atoms with Gasteiger partial charge >= 0.3 is 12.0 Å². The Labute approximate surface area is 184 Å². The number of hydrogen-bond donors (Lipinski definition) is 1. The molecule has 6 heteroatoms. The number of amides is 2. The zero-order valence-electron chi connectivity index (χ0n) is 18.3. The van der Waals surface area contributed by atoms with Crippen molar-refractivity contribution in [2.24, 2.45) is 0 Å². The van der Waals surface area contributed by atoms with Crippen molar-refractivity contribution in [1.29, 1.82) is 0 Å². The first-order valence-corrected chi connectivity index (χ1v) is 10.8. The number of ether oxygens (including phenoxy) is 1. The van der Waals surface area contributed by atoms with E-state index in [1.54, 1.807) is 13.0 Å². The highest BCUT2D eigenvalue weighted by Crippen LogP contribution is 2.15. The second-order valence-corrected chi connectivity index (χ2v) is 7.68. The third-order valence-electron chi connectivity index (χ3n) is 5.39. The molecule has 0 bridgehead atoms. The smallest absolute Gasteiger partial charge is 0.330 e. The number of benzene rings is 2. The van der Waals surface area contributed by atoms with Crippen LogP contribution in [0.4, 0.5) is 10.5 Å². The molecule has 164 valence electrons. The first-order chi connectivity index (χ1) is 15.0. The lowest BCUT2D eigenvalue weighted by molar-refractivity contribution is -0.137. The molecule has 31 heavy (non-hydrogen) atoms. The van der Waals surface area contributed by atoms with Crippen LogP contribution in [0, 0.1) is 6.92 Å². The number of nitrogens with zero attached hydrogens (tertiary/aromatic N) is 2.